The zero-order valence-electron chi connectivity index (χ0n) is 15.8. The largest absolute Gasteiger partial charge is 0.481 e. The van der Waals surface area contributed by atoms with E-state index in [-0.39, 0.29) is 18.4 Å². The highest BCUT2D eigenvalue weighted by Gasteiger charge is 2.15. The van der Waals surface area contributed by atoms with Gasteiger partial charge in [0, 0.05) is 29.6 Å². The molecule has 0 bridgehead atoms. The zero-order valence-corrected chi connectivity index (χ0v) is 16.5. The summed E-state index contributed by atoms with van der Waals surface area (Å²) in [6.45, 7) is 1.91. The van der Waals surface area contributed by atoms with Gasteiger partial charge in [-0.3, -0.25) is 14.6 Å². The first-order valence-corrected chi connectivity index (χ1v) is 9.40. The van der Waals surface area contributed by atoms with Crippen LogP contribution in [0.3, 0.4) is 0 Å². The van der Waals surface area contributed by atoms with E-state index in [2.05, 4.69) is 15.6 Å². The number of hydrogen-bond donors (Lipinski definition) is 2. The molecule has 0 fully saturated rings. The molecule has 1 aromatic heterocycles. The highest BCUT2D eigenvalue weighted by Crippen LogP contribution is 2.18. The van der Waals surface area contributed by atoms with Crippen LogP contribution in [0.1, 0.15) is 22.8 Å². The fraction of sp³-hybridized carbons (Fsp3) is 0.136. The Morgan fingerprint density at radius 3 is 2.55 bits per heavy atom. The molecule has 1 unspecified atom stereocenters. The number of nitrogens with one attached hydrogen (secondary N) is 2. The molecular weight excluding hydrogens is 390 g/mol. The summed E-state index contributed by atoms with van der Waals surface area (Å²) in [5.41, 5.74) is 1.85. The molecule has 1 heterocycles. The Labute approximate surface area is 173 Å². The van der Waals surface area contributed by atoms with E-state index in [0.717, 1.165) is 5.56 Å². The molecule has 1 atom stereocenters. The van der Waals surface area contributed by atoms with Crippen molar-refractivity contribution in [3.05, 3.63) is 89.2 Å². The fourth-order valence-corrected chi connectivity index (χ4v) is 2.71. The molecule has 2 aromatic carbocycles. The van der Waals surface area contributed by atoms with Crippen molar-refractivity contribution in [3.63, 3.8) is 0 Å². The van der Waals surface area contributed by atoms with E-state index in [1.165, 1.54) is 6.20 Å². The third-order valence-electron chi connectivity index (χ3n) is 4.14. The number of para-hydroxylation sites is 1. The quantitative estimate of drug-likeness (QED) is 0.616. The molecule has 29 heavy (non-hydrogen) atoms. The first-order valence-electron chi connectivity index (χ1n) is 9.02. The first-order chi connectivity index (χ1) is 14.0. The molecule has 3 aromatic rings. The summed E-state index contributed by atoms with van der Waals surface area (Å²) in [5.74, 6) is 0.0193. The summed E-state index contributed by atoms with van der Waals surface area (Å²) in [5, 5.41) is 6.28. The van der Waals surface area contributed by atoms with Gasteiger partial charge < -0.3 is 15.4 Å². The normalized spacial score (nSPS) is 11.4. The number of hydrogen-bond acceptors (Lipinski definition) is 4. The van der Waals surface area contributed by atoms with Gasteiger partial charge in [0.05, 0.1) is 5.56 Å². The number of rotatable bonds is 7. The number of carbonyl (C=O) groups excluding carboxylic acids is 2. The van der Waals surface area contributed by atoms with Gasteiger partial charge in [-0.25, -0.2) is 0 Å². The lowest BCUT2D eigenvalue weighted by Gasteiger charge is -2.16. The van der Waals surface area contributed by atoms with E-state index in [0.29, 0.717) is 22.0 Å². The fourth-order valence-electron chi connectivity index (χ4n) is 2.58. The molecule has 6 nitrogen and oxygen atoms in total. The molecule has 0 saturated heterocycles. The maximum absolute atomic E-state index is 12.4. The smallest absolute Gasteiger partial charge is 0.261 e. The van der Waals surface area contributed by atoms with Crippen molar-refractivity contribution in [1.82, 2.24) is 10.3 Å². The Balaban J connectivity index is 1.59. The summed E-state index contributed by atoms with van der Waals surface area (Å²) in [6, 6.07) is 17.5. The molecule has 0 spiro atoms. The van der Waals surface area contributed by atoms with Crippen LogP contribution in [-0.2, 0) is 11.3 Å². The van der Waals surface area contributed by atoms with Gasteiger partial charge in [-0.15, -0.1) is 0 Å². The average molecular weight is 410 g/mol. The molecule has 148 valence electrons. The number of anilines is 1. The molecule has 0 aliphatic carbocycles. The standard InChI is InChI=1S/C22H20ClN3O3/c1-15(29-19-10-8-18(23)9-11-19)21(27)25-14-16-5-2-3-7-20(16)26-22(28)17-6-4-12-24-13-17/h2-13,15H,14H2,1H3,(H,25,27)(H,26,28). The van der Waals surface area contributed by atoms with Crippen LogP contribution in [0.15, 0.2) is 73.1 Å². The van der Waals surface area contributed by atoms with Gasteiger partial charge >= 0.3 is 0 Å². The van der Waals surface area contributed by atoms with E-state index >= 15 is 0 Å². The van der Waals surface area contributed by atoms with E-state index < -0.39 is 6.10 Å². The Morgan fingerprint density at radius 2 is 1.83 bits per heavy atom. The van der Waals surface area contributed by atoms with Gasteiger partial charge in [0.15, 0.2) is 6.10 Å². The van der Waals surface area contributed by atoms with Crippen LogP contribution in [-0.4, -0.2) is 22.9 Å². The van der Waals surface area contributed by atoms with Gasteiger partial charge in [-0.1, -0.05) is 29.8 Å². The van der Waals surface area contributed by atoms with Gasteiger partial charge in [0.1, 0.15) is 5.75 Å². The van der Waals surface area contributed by atoms with Crippen LogP contribution in [0, 0.1) is 0 Å². The third kappa shape index (κ3) is 5.80. The minimum atomic E-state index is -0.687. The third-order valence-corrected chi connectivity index (χ3v) is 4.39. The van der Waals surface area contributed by atoms with Crippen molar-refractivity contribution in [2.75, 3.05) is 5.32 Å². The van der Waals surface area contributed by atoms with Gasteiger partial charge in [0.25, 0.3) is 11.8 Å². The summed E-state index contributed by atoms with van der Waals surface area (Å²) >= 11 is 5.85. The number of nitrogens with zero attached hydrogens (tertiary/aromatic N) is 1. The van der Waals surface area contributed by atoms with Crippen LogP contribution < -0.4 is 15.4 Å². The van der Waals surface area contributed by atoms with Crippen molar-refractivity contribution in [1.29, 1.82) is 0 Å². The maximum atomic E-state index is 12.4. The van der Waals surface area contributed by atoms with E-state index in [4.69, 9.17) is 16.3 Å². The molecule has 7 heteroatoms. The second-order valence-corrected chi connectivity index (χ2v) is 6.72. The van der Waals surface area contributed by atoms with Gasteiger partial charge in [-0.05, 0) is 55.0 Å². The SMILES string of the molecule is CC(Oc1ccc(Cl)cc1)C(=O)NCc1ccccc1NC(=O)c1cccnc1. The zero-order chi connectivity index (χ0) is 20.6. The average Bonchev–Trinajstić information content (AvgIpc) is 2.75. The van der Waals surface area contributed by atoms with Crippen molar-refractivity contribution in [3.8, 4) is 5.75 Å². The molecule has 2 N–H and O–H groups in total. The molecular formula is C22H20ClN3O3. The highest BCUT2D eigenvalue weighted by atomic mass is 35.5. The number of halogens is 1. The van der Waals surface area contributed by atoms with E-state index in [1.54, 1.807) is 55.6 Å². The van der Waals surface area contributed by atoms with E-state index in [9.17, 15) is 9.59 Å². The number of pyridine rings is 1. The van der Waals surface area contributed by atoms with Crippen LogP contribution in [0.2, 0.25) is 5.02 Å². The number of benzene rings is 2. The maximum Gasteiger partial charge on any atom is 0.261 e. The van der Waals surface area contributed by atoms with Gasteiger partial charge in [0.2, 0.25) is 0 Å². The molecule has 0 aliphatic rings. The Bertz CT molecular complexity index is 978. The van der Waals surface area contributed by atoms with Crippen molar-refractivity contribution in [2.45, 2.75) is 19.6 Å². The minimum Gasteiger partial charge on any atom is -0.481 e. The predicted octanol–water partition coefficient (Wildman–Crippen LogP) is 4.07. The summed E-state index contributed by atoms with van der Waals surface area (Å²) in [4.78, 5) is 28.7. The Kier molecular flexibility index (Phi) is 6.81. The van der Waals surface area contributed by atoms with Crippen molar-refractivity contribution in [2.24, 2.45) is 0 Å². The van der Waals surface area contributed by atoms with Gasteiger partial charge in [-0.2, -0.15) is 0 Å². The van der Waals surface area contributed by atoms with E-state index in [1.807, 2.05) is 18.2 Å². The second kappa shape index (κ2) is 9.71. The molecule has 0 aliphatic heterocycles. The highest BCUT2D eigenvalue weighted by molar-refractivity contribution is 6.30. The van der Waals surface area contributed by atoms with Crippen molar-refractivity contribution >= 4 is 29.1 Å². The Morgan fingerprint density at radius 1 is 1.07 bits per heavy atom. The molecule has 3 rings (SSSR count). The summed E-state index contributed by atoms with van der Waals surface area (Å²) in [7, 11) is 0. The second-order valence-electron chi connectivity index (χ2n) is 6.28. The lowest BCUT2D eigenvalue weighted by Crippen LogP contribution is -2.36. The molecule has 0 saturated carbocycles. The molecule has 2 amide bonds. The number of amides is 2. The van der Waals surface area contributed by atoms with Crippen LogP contribution >= 0.6 is 11.6 Å². The first kappa shape index (κ1) is 20.4. The monoisotopic (exact) mass is 409 g/mol. The van der Waals surface area contributed by atoms with Crippen molar-refractivity contribution < 1.29 is 14.3 Å². The van der Waals surface area contributed by atoms with Crippen LogP contribution in [0.5, 0.6) is 5.75 Å². The predicted molar refractivity (Wildman–Crippen MR) is 112 cm³/mol. The Hall–Kier alpha value is -3.38. The number of aromatic nitrogens is 1. The summed E-state index contributed by atoms with van der Waals surface area (Å²) in [6.07, 6.45) is 2.41. The van der Waals surface area contributed by atoms with Crippen LogP contribution in [0.25, 0.3) is 0 Å². The lowest BCUT2D eigenvalue weighted by atomic mass is 10.1. The lowest BCUT2D eigenvalue weighted by molar-refractivity contribution is -0.127. The van der Waals surface area contributed by atoms with Crippen LogP contribution in [0.4, 0.5) is 5.69 Å². The topological polar surface area (TPSA) is 80.3 Å². The summed E-state index contributed by atoms with van der Waals surface area (Å²) < 4.78 is 5.62. The minimum absolute atomic E-state index is 0.247. The number of carbonyl (C=O) groups is 2. The number of ether oxygens (including phenoxy) is 1. The molecule has 0 radical (unpaired) electrons.